The Labute approximate surface area is 104 Å². The molecule has 0 aromatic heterocycles. The maximum Gasteiger partial charge on any atom is 0.345 e. The Balaban J connectivity index is 1.78. The first-order valence-electron chi connectivity index (χ1n) is 5.93. The van der Waals surface area contributed by atoms with Crippen molar-refractivity contribution in [1.29, 1.82) is 0 Å². The zero-order valence-electron chi connectivity index (χ0n) is 10.00. The van der Waals surface area contributed by atoms with Crippen LogP contribution in [-0.4, -0.2) is 65.0 Å². The van der Waals surface area contributed by atoms with Crippen LogP contribution in [0, 0.1) is 0 Å². The van der Waals surface area contributed by atoms with Gasteiger partial charge in [-0.05, 0) is 12.5 Å². The zero-order chi connectivity index (χ0) is 12.9. The number of rotatable bonds is 2. The predicted molar refractivity (Wildman–Crippen MR) is 59.8 cm³/mol. The van der Waals surface area contributed by atoms with Gasteiger partial charge in [-0.15, -0.1) is 0 Å². The molecule has 3 aliphatic rings. The third-order valence-electron chi connectivity index (χ3n) is 3.57. The van der Waals surface area contributed by atoms with Gasteiger partial charge in [0.25, 0.3) is 0 Å². The van der Waals surface area contributed by atoms with Crippen LogP contribution in [0.1, 0.15) is 6.92 Å². The summed E-state index contributed by atoms with van der Waals surface area (Å²) in [6.45, 7) is 3.19. The van der Waals surface area contributed by atoms with Crippen LogP contribution in [0.15, 0.2) is 11.6 Å². The Bertz CT molecular complexity index is 432. The highest BCUT2D eigenvalue weighted by atomic mass is 16.5. The third kappa shape index (κ3) is 1.58. The number of ether oxygens (including phenoxy) is 1. The first-order chi connectivity index (χ1) is 8.58. The van der Waals surface area contributed by atoms with Gasteiger partial charge in [0.1, 0.15) is 6.04 Å². The average molecular weight is 253 g/mol. The van der Waals surface area contributed by atoms with Gasteiger partial charge in [0.05, 0.1) is 31.8 Å². The second-order valence-corrected chi connectivity index (χ2v) is 4.90. The van der Waals surface area contributed by atoms with E-state index >= 15 is 0 Å². The van der Waals surface area contributed by atoms with E-state index in [0.29, 0.717) is 24.8 Å². The molecule has 0 aliphatic carbocycles. The molecule has 3 aliphatic heterocycles. The Hall–Kier alpha value is -1.60. The van der Waals surface area contributed by atoms with E-state index in [0.717, 1.165) is 5.57 Å². The Morgan fingerprint density at radius 2 is 2.28 bits per heavy atom. The maximum absolute atomic E-state index is 12.2. The molecular weight excluding hydrogens is 238 g/mol. The molecule has 0 unspecified atom stereocenters. The summed E-state index contributed by atoms with van der Waals surface area (Å²) in [5.74, 6) is -0.209. The van der Waals surface area contributed by atoms with Gasteiger partial charge in [-0.1, -0.05) is 6.08 Å². The lowest BCUT2D eigenvalue weighted by molar-refractivity contribution is -0.128. The number of hydrogen-bond donors (Lipinski definition) is 2. The molecule has 7 nitrogen and oxygen atoms in total. The van der Waals surface area contributed by atoms with Crippen LogP contribution in [0.3, 0.4) is 0 Å². The Morgan fingerprint density at radius 3 is 2.89 bits per heavy atom. The summed E-state index contributed by atoms with van der Waals surface area (Å²) in [5.41, 5.74) is 0.786. The first-order valence-corrected chi connectivity index (χ1v) is 5.93. The van der Waals surface area contributed by atoms with Crippen LogP contribution in [0.4, 0.5) is 4.79 Å². The Kier molecular flexibility index (Phi) is 2.53. The lowest BCUT2D eigenvalue weighted by Crippen LogP contribution is -2.56. The second-order valence-electron chi connectivity index (χ2n) is 4.90. The number of nitrogens with zero attached hydrogens (tertiary/aromatic N) is 2. The number of fused-ring (bicyclic) bond motifs is 2. The van der Waals surface area contributed by atoms with Crippen molar-refractivity contribution in [1.82, 2.24) is 15.3 Å². The van der Waals surface area contributed by atoms with Gasteiger partial charge in [-0.3, -0.25) is 10.0 Å². The summed E-state index contributed by atoms with van der Waals surface area (Å²) in [5, 5.41) is 13.1. The molecule has 2 N–H and O–H groups in total. The lowest BCUT2D eigenvalue weighted by atomic mass is 9.99. The SMILES string of the molecule is CC1=C[C@@H]2CN(C(=O)N2O)[C@@H]1C(=O)NC1COC1. The summed E-state index contributed by atoms with van der Waals surface area (Å²) in [4.78, 5) is 25.3. The molecule has 0 spiro atoms. The molecule has 3 heterocycles. The molecule has 0 saturated carbocycles. The monoisotopic (exact) mass is 253 g/mol. The van der Waals surface area contributed by atoms with E-state index in [2.05, 4.69) is 5.32 Å². The van der Waals surface area contributed by atoms with E-state index in [9.17, 15) is 14.8 Å². The second kappa shape index (κ2) is 3.96. The third-order valence-corrected chi connectivity index (χ3v) is 3.57. The quantitative estimate of drug-likeness (QED) is 0.505. The van der Waals surface area contributed by atoms with Gasteiger partial charge in [-0.2, -0.15) is 5.06 Å². The van der Waals surface area contributed by atoms with Gasteiger partial charge in [0, 0.05) is 0 Å². The van der Waals surface area contributed by atoms with Crippen molar-refractivity contribution in [2.75, 3.05) is 19.8 Å². The fourth-order valence-electron chi connectivity index (χ4n) is 2.56. The molecule has 0 aromatic rings. The molecule has 18 heavy (non-hydrogen) atoms. The fourth-order valence-corrected chi connectivity index (χ4v) is 2.56. The molecular formula is C11H15N3O4. The van der Waals surface area contributed by atoms with Crippen molar-refractivity contribution >= 4 is 11.9 Å². The highest BCUT2D eigenvalue weighted by Gasteiger charge is 2.46. The van der Waals surface area contributed by atoms with Crippen LogP contribution in [-0.2, 0) is 9.53 Å². The van der Waals surface area contributed by atoms with Crippen molar-refractivity contribution < 1.29 is 19.5 Å². The van der Waals surface area contributed by atoms with E-state index in [-0.39, 0.29) is 18.0 Å². The topological polar surface area (TPSA) is 82.1 Å². The largest absolute Gasteiger partial charge is 0.377 e. The van der Waals surface area contributed by atoms with Crippen molar-refractivity contribution in [3.63, 3.8) is 0 Å². The van der Waals surface area contributed by atoms with E-state index in [4.69, 9.17) is 4.74 Å². The number of carbonyl (C=O) groups is 2. The van der Waals surface area contributed by atoms with Gasteiger partial charge >= 0.3 is 6.03 Å². The number of amides is 3. The molecule has 3 rings (SSSR count). The van der Waals surface area contributed by atoms with Crippen LogP contribution in [0.25, 0.3) is 0 Å². The summed E-state index contributed by atoms with van der Waals surface area (Å²) in [6, 6.07) is -1.44. The zero-order valence-corrected chi connectivity index (χ0v) is 10.00. The molecule has 2 atom stereocenters. The van der Waals surface area contributed by atoms with Crippen molar-refractivity contribution in [2.24, 2.45) is 0 Å². The number of nitrogens with one attached hydrogen (secondary N) is 1. The molecule has 2 bridgehead atoms. The molecule has 2 fully saturated rings. The molecule has 98 valence electrons. The summed E-state index contributed by atoms with van der Waals surface area (Å²) in [6.07, 6.45) is 1.77. The molecule has 3 amide bonds. The fraction of sp³-hybridized carbons (Fsp3) is 0.636. The van der Waals surface area contributed by atoms with E-state index in [1.807, 2.05) is 0 Å². The van der Waals surface area contributed by atoms with Gasteiger partial charge in [0.15, 0.2) is 0 Å². The summed E-state index contributed by atoms with van der Waals surface area (Å²) >= 11 is 0. The van der Waals surface area contributed by atoms with Crippen LogP contribution >= 0.6 is 0 Å². The van der Waals surface area contributed by atoms with Crippen molar-refractivity contribution in [2.45, 2.75) is 25.0 Å². The van der Waals surface area contributed by atoms with Crippen LogP contribution in [0.2, 0.25) is 0 Å². The number of carbonyl (C=O) groups excluding carboxylic acids is 2. The number of urea groups is 1. The number of hydrogen-bond acceptors (Lipinski definition) is 4. The minimum atomic E-state index is -0.619. The van der Waals surface area contributed by atoms with E-state index in [1.54, 1.807) is 13.0 Å². The highest BCUT2D eigenvalue weighted by molar-refractivity contribution is 5.91. The predicted octanol–water partition coefficient (Wildman–Crippen LogP) is -0.675. The number of hydroxylamine groups is 2. The van der Waals surface area contributed by atoms with E-state index < -0.39 is 12.1 Å². The summed E-state index contributed by atoms with van der Waals surface area (Å²) < 4.78 is 4.99. The first kappa shape index (κ1) is 11.5. The maximum atomic E-state index is 12.2. The van der Waals surface area contributed by atoms with Crippen molar-refractivity contribution in [3.05, 3.63) is 11.6 Å². The average Bonchev–Trinajstić information content (AvgIpc) is 2.50. The Morgan fingerprint density at radius 1 is 1.56 bits per heavy atom. The minimum absolute atomic E-state index is 0.0333. The molecule has 7 heteroatoms. The van der Waals surface area contributed by atoms with Crippen LogP contribution < -0.4 is 5.32 Å². The highest BCUT2D eigenvalue weighted by Crippen LogP contribution is 2.28. The lowest BCUT2D eigenvalue weighted by Gasteiger charge is -2.33. The smallest absolute Gasteiger partial charge is 0.345 e. The van der Waals surface area contributed by atoms with Gasteiger partial charge < -0.3 is 15.0 Å². The van der Waals surface area contributed by atoms with Crippen molar-refractivity contribution in [3.8, 4) is 0 Å². The van der Waals surface area contributed by atoms with Crippen LogP contribution in [0.5, 0.6) is 0 Å². The molecule has 0 radical (unpaired) electrons. The standard InChI is InChI=1S/C11H15N3O4/c1-6-2-8-3-13(11(16)14(8)17)9(6)10(15)12-7-4-18-5-7/h2,7-9,17H,3-5H2,1H3,(H,12,15)/t8-,9+/m1/s1. The van der Waals surface area contributed by atoms with E-state index in [1.165, 1.54) is 4.90 Å². The molecule has 2 saturated heterocycles. The molecule has 0 aromatic carbocycles. The van der Waals surface area contributed by atoms with Gasteiger partial charge in [-0.25, -0.2) is 4.79 Å². The van der Waals surface area contributed by atoms with Gasteiger partial charge in [0.2, 0.25) is 5.91 Å². The minimum Gasteiger partial charge on any atom is -0.377 e. The summed E-state index contributed by atoms with van der Waals surface area (Å²) in [7, 11) is 0. The normalized spacial score (nSPS) is 31.2.